The second-order valence-corrected chi connectivity index (χ2v) is 8.76. The van der Waals surface area contributed by atoms with Crippen molar-refractivity contribution in [2.24, 2.45) is 0 Å². The minimum absolute atomic E-state index is 0.00222. The average Bonchev–Trinajstić information content (AvgIpc) is 2.70. The van der Waals surface area contributed by atoms with Crippen molar-refractivity contribution in [1.82, 2.24) is 14.7 Å². The van der Waals surface area contributed by atoms with Crippen molar-refractivity contribution in [2.45, 2.75) is 39.2 Å². The molecule has 0 aliphatic carbocycles. The molecule has 1 atom stereocenters. The van der Waals surface area contributed by atoms with Gasteiger partial charge >= 0.3 is 0 Å². The summed E-state index contributed by atoms with van der Waals surface area (Å²) >= 11 is 3.51. The third kappa shape index (κ3) is 5.55. The van der Waals surface area contributed by atoms with Gasteiger partial charge in [0.25, 0.3) is 0 Å². The van der Waals surface area contributed by atoms with Crippen LogP contribution in [0.15, 0.2) is 22.7 Å². The van der Waals surface area contributed by atoms with E-state index in [-0.39, 0.29) is 17.9 Å². The Hall–Kier alpha value is -1.44. The third-order valence-electron chi connectivity index (χ3n) is 5.78. The van der Waals surface area contributed by atoms with Gasteiger partial charge in [0.15, 0.2) is 0 Å². The van der Waals surface area contributed by atoms with Gasteiger partial charge in [-0.3, -0.25) is 19.4 Å². The summed E-state index contributed by atoms with van der Waals surface area (Å²) in [6.45, 7) is 9.55. The molecule has 0 radical (unpaired) electrons. The van der Waals surface area contributed by atoms with Gasteiger partial charge in [-0.05, 0) is 66.7 Å². The highest BCUT2D eigenvalue weighted by atomic mass is 79.9. The minimum Gasteiger partial charge on any atom is -0.342 e. The molecule has 2 fully saturated rings. The topological polar surface area (TPSA) is 55.9 Å². The standard InChI is InChI=1S/C21H31BrN4O2/c1-16-6-7-19(18(22)14-16)23-21(28)17(2)25-12-10-24(11-13-25)15-20(27)26-8-4-3-5-9-26/h6-7,14,17H,3-5,8-13,15H2,1-2H3,(H,23,28). The molecule has 2 aliphatic rings. The Balaban J connectivity index is 1.45. The molecule has 1 aromatic carbocycles. The van der Waals surface area contributed by atoms with Crippen LogP contribution in [0.3, 0.4) is 0 Å². The van der Waals surface area contributed by atoms with Gasteiger partial charge in [-0.2, -0.15) is 0 Å². The quantitative estimate of drug-likeness (QED) is 0.748. The number of hydrogen-bond donors (Lipinski definition) is 1. The normalized spacial score (nSPS) is 20.0. The molecule has 1 aromatic rings. The number of nitrogens with zero attached hydrogens (tertiary/aromatic N) is 3. The van der Waals surface area contributed by atoms with E-state index in [1.165, 1.54) is 6.42 Å². The summed E-state index contributed by atoms with van der Waals surface area (Å²) in [4.78, 5) is 31.5. The minimum atomic E-state index is -0.201. The van der Waals surface area contributed by atoms with Crippen LogP contribution in [0.25, 0.3) is 0 Å². The Labute approximate surface area is 176 Å². The molecule has 0 aromatic heterocycles. The van der Waals surface area contributed by atoms with Gasteiger partial charge < -0.3 is 10.2 Å². The number of aryl methyl sites for hydroxylation is 1. The Morgan fingerprint density at radius 1 is 1.07 bits per heavy atom. The van der Waals surface area contributed by atoms with Crippen molar-refractivity contribution in [3.05, 3.63) is 28.2 Å². The highest BCUT2D eigenvalue weighted by Crippen LogP contribution is 2.24. The molecule has 28 heavy (non-hydrogen) atoms. The Morgan fingerprint density at radius 3 is 2.39 bits per heavy atom. The van der Waals surface area contributed by atoms with Gasteiger partial charge in [0, 0.05) is 43.7 Å². The molecule has 7 heteroatoms. The van der Waals surface area contributed by atoms with Gasteiger partial charge in [-0.15, -0.1) is 0 Å². The van der Waals surface area contributed by atoms with Gasteiger partial charge in [0.2, 0.25) is 11.8 Å². The van der Waals surface area contributed by atoms with Crippen LogP contribution >= 0.6 is 15.9 Å². The van der Waals surface area contributed by atoms with Crippen molar-refractivity contribution in [2.75, 3.05) is 51.1 Å². The van der Waals surface area contributed by atoms with Crippen molar-refractivity contribution < 1.29 is 9.59 Å². The lowest BCUT2D eigenvalue weighted by Crippen LogP contribution is -2.54. The summed E-state index contributed by atoms with van der Waals surface area (Å²) in [6, 6.07) is 5.71. The fourth-order valence-corrected chi connectivity index (χ4v) is 4.46. The second kappa shape index (κ2) is 9.85. The Kier molecular flexibility index (Phi) is 7.48. The average molecular weight is 451 g/mol. The van der Waals surface area contributed by atoms with Gasteiger partial charge in [-0.25, -0.2) is 0 Å². The summed E-state index contributed by atoms with van der Waals surface area (Å²) in [7, 11) is 0. The van der Waals surface area contributed by atoms with Crippen molar-refractivity contribution >= 4 is 33.4 Å². The van der Waals surface area contributed by atoms with E-state index in [1.807, 2.05) is 36.9 Å². The van der Waals surface area contributed by atoms with E-state index in [0.29, 0.717) is 6.54 Å². The largest absolute Gasteiger partial charge is 0.342 e. The highest BCUT2D eigenvalue weighted by Gasteiger charge is 2.27. The van der Waals surface area contributed by atoms with Crippen LogP contribution in [0.1, 0.15) is 31.7 Å². The predicted molar refractivity (Wildman–Crippen MR) is 115 cm³/mol. The van der Waals surface area contributed by atoms with Crippen LogP contribution in [-0.4, -0.2) is 78.4 Å². The van der Waals surface area contributed by atoms with Crippen LogP contribution in [0.4, 0.5) is 5.69 Å². The zero-order chi connectivity index (χ0) is 20.1. The summed E-state index contributed by atoms with van der Waals surface area (Å²) < 4.78 is 0.897. The Bertz CT molecular complexity index is 698. The van der Waals surface area contributed by atoms with Crippen LogP contribution in [-0.2, 0) is 9.59 Å². The number of hydrogen-bond acceptors (Lipinski definition) is 4. The number of piperidine rings is 1. The number of likely N-dealkylation sites (tertiary alicyclic amines) is 1. The molecule has 0 spiro atoms. The lowest BCUT2D eigenvalue weighted by atomic mass is 10.1. The lowest BCUT2D eigenvalue weighted by Gasteiger charge is -2.38. The Morgan fingerprint density at radius 2 is 1.75 bits per heavy atom. The van der Waals surface area contributed by atoms with E-state index in [1.54, 1.807) is 0 Å². The van der Waals surface area contributed by atoms with E-state index in [4.69, 9.17) is 0 Å². The number of halogens is 1. The van der Waals surface area contributed by atoms with Crippen LogP contribution < -0.4 is 5.32 Å². The van der Waals surface area contributed by atoms with Gasteiger partial charge in [-0.1, -0.05) is 6.07 Å². The van der Waals surface area contributed by atoms with Crippen LogP contribution in [0, 0.1) is 6.92 Å². The summed E-state index contributed by atoms with van der Waals surface area (Å²) in [6.07, 6.45) is 3.49. The molecule has 1 unspecified atom stereocenters. The van der Waals surface area contributed by atoms with Crippen molar-refractivity contribution in [1.29, 1.82) is 0 Å². The number of piperazine rings is 1. The first-order valence-electron chi connectivity index (χ1n) is 10.3. The SMILES string of the molecule is Cc1ccc(NC(=O)C(C)N2CCN(CC(=O)N3CCCCC3)CC2)c(Br)c1. The summed E-state index contributed by atoms with van der Waals surface area (Å²) in [5.41, 5.74) is 1.95. The molecular formula is C21H31BrN4O2. The van der Waals surface area contributed by atoms with Crippen molar-refractivity contribution in [3.63, 3.8) is 0 Å². The second-order valence-electron chi connectivity index (χ2n) is 7.90. The molecule has 2 aliphatic heterocycles. The number of carbonyl (C=O) groups excluding carboxylic acids is 2. The summed E-state index contributed by atoms with van der Waals surface area (Å²) in [5, 5.41) is 3.02. The number of amides is 2. The number of rotatable bonds is 5. The first kappa shape index (κ1) is 21.3. The predicted octanol–water partition coefficient (Wildman–Crippen LogP) is 2.71. The number of nitrogens with one attached hydrogen (secondary N) is 1. The van der Waals surface area contributed by atoms with E-state index in [9.17, 15) is 9.59 Å². The van der Waals surface area contributed by atoms with E-state index in [0.717, 1.165) is 67.8 Å². The molecule has 2 heterocycles. The highest BCUT2D eigenvalue weighted by molar-refractivity contribution is 9.10. The number of carbonyl (C=O) groups is 2. The molecule has 1 N–H and O–H groups in total. The first-order chi connectivity index (χ1) is 13.4. The zero-order valence-electron chi connectivity index (χ0n) is 16.9. The first-order valence-corrected chi connectivity index (χ1v) is 11.0. The maximum Gasteiger partial charge on any atom is 0.241 e. The third-order valence-corrected chi connectivity index (χ3v) is 6.44. The molecule has 2 amide bonds. The van der Waals surface area contributed by atoms with Crippen molar-refractivity contribution in [3.8, 4) is 0 Å². The van der Waals surface area contributed by atoms with Crippen LogP contribution in [0.2, 0.25) is 0 Å². The molecular weight excluding hydrogens is 420 g/mol. The molecule has 3 rings (SSSR count). The zero-order valence-corrected chi connectivity index (χ0v) is 18.5. The van der Waals surface area contributed by atoms with E-state index in [2.05, 4.69) is 31.0 Å². The van der Waals surface area contributed by atoms with E-state index < -0.39 is 0 Å². The fraction of sp³-hybridized carbons (Fsp3) is 0.619. The fourth-order valence-electron chi connectivity index (χ4n) is 3.87. The molecule has 2 saturated heterocycles. The van der Waals surface area contributed by atoms with Crippen LogP contribution in [0.5, 0.6) is 0 Å². The maximum atomic E-state index is 12.7. The molecule has 6 nitrogen and oxygen atoms in total. The lowest BCUT2D eigenvalue weighted by molar-refractivity contribution is -0.134. The maximum absolute atomic E-state index is 12.7. The van der Waals surface area contributed by atoms with Gasteiger partial charge in [0.05, 0.1) is 18.3 Å². The van der Waals surface area contributed by atoms with E-state index >= 15 is 0 Å². The smallest absolute Gasteiger partial charge is 0.241 e. The monoisotopic (exact) mass is 450 g/mol. The molecule has 0 saturated carbocycles. The summed E-state index contributed by atoms with van der Waals surface area (Å²) in [5.74, 6) is 0.255. The van der Waals surface area contributed by atoms with Gasteiger partial charge in [0.1, 0.15) is 0 Å². The molecule has 0 bridgehead atoms. The number of anilines is 1. The molecule has 154 valence electrons. The number of benzene rings is 1.